The Labute approximate surface area is 139 Å². The molecule has 0 saturated carbocycles. The van der Waals surface area contributed by atoms with E-state index in [2.05, 4.69) is 29.1 Å². The van der Waals surface area contributed by atoms with Crippen molar-refractivity contribution < 1.29 is 4.79 Å². The predicted molar refractivity (Wildman–Crippen MR) is 94.4 cm³/mol. The van der Waals surface area contributed by atoms with Crippen molar-refractivity contribution in [1.82, 2.24) is 10.2 Å². The first-order valence-electron chi connectivity index (χ1n) is 7.37. The molecule has 0 aromatic rings. The van der Waals surface area contributed by atoms with Crippen LogP contribution in [0.15, 0.2) is 4.99 Å². The molecule has 0 radical (unpaired) electrons. The van der Waals surface area contributed by atoms with Gasteiger partial charge in [0.15, 0.2) is 5.96 Å². The van der Waals surface area contributed by atoms with Gasteiger partial charge in [-0.05, 0) is 32.1 Å². The SMILES string of the molecule is CCC(C)NC(=O)CCN=C(N)N1CCCC(C)C1.I. The van der Waals surface area contributed by atoms with Gasteiger partial charge in [0.1, 0.15) is 0 Å². The van der Waals surface area contributed by atoms with Gasteiger partial charge in [0.05, 0.1) is 6.54 Å². The van der Waals surface area contributed by atoms with E-state index in [1.165, 1.54) is 12.8 Å². The highest BCUT2D eigenvalue weighted by Crippen LogP contribution is 2.14. The molecule has 0 spiro atoms. The summed E-state index contributed by atoms with van der Waals surface area (Å²) in [4.78, 5) is 18.0. The smallest absolute Gasteiger partial charge is 0.222 e. The monoisotopic (exact) mass is 396 g/mol. The molecule has 0 aromatic heterocycles. The maximum Gasteiger partial charge on any atom is 0.222 e. The summed E-state index contributed by atoms with van der Waals surface area (Å²) >= 11 is 0. The molecule has 1 amide bonds. The summed E-state index contributed by atoms with van der Waals surface area (Å²) < 4.78 is 0. The van der Waals surface area contributed by atoms with Crippen LogP contribution in [0.2, 0.25) is 0 Å². The molecule has 1 aliphatic rings. The second-order valence-corrected chi connectivity index (χ2v) is 5.56. The molecule has 20 heavy (non-hydrogen) atoms. The molecule has 1 saturated heterocycles. The van der Waals surface area contributed by atoms with E-state index in [1.807, 2.05) is 6.92 Å². The third-order valence-corrected chi connectivity index (χ3v) is 3.61. The Bertz CT molecular complexity index is 322. The number of nitrogens with one attached hydrogen (secondary N) is 1. The molecule has 5 nitrogen and oxygen atoms in total. The van der Waals surface area contributed by atoms with Crippen LogP contribution < -0.4 is 11.1 Å². The first-order valence-corrected chi connectivity index (χ1v) is 7.37. The summed E-state index contributed by atoms with van der Waals surface area (Å²) in [6.45, 7) is 8.73. The van der Waals surface area contributed by atoms with E-state index >= 15 is 0 Å². The molecule has 2 atom stereocenters. The Morgan fingerprint density at radius 3 is 2.85 bits per heavy atom. The Morgan fingerprint density at radius 1 is 1.55 bits per heavy atom. The molecule has 1 heterocycles. The summed E-state index contributed by atoms with van der Waals surface area (Å²) in [6.07, 6.45) is 3.80. The van der Waals surface area contributed by atoms with Crippen molar-refractivity contribution in [3.8, 4) is 0 Å². The van der Waals surface area contributed by atoms with Gasteiger partial charge < -0.3 is 16.0 Å². The van der Waals surface area contributed by atoms with Gasteiger partial charge in [-0.15, -0.1) is 24.0 Å². The Morgan fingerprint density at radius 2 is 2.25 bits per heavy atom. The summed E-state index contributed by atoms with van der Waals surface area (Å²) in [5.41, 5.74) is 5.97. The minimum Gasteiger partial charge on any atom is -0.370 e. The van der Waals surface area contributed by atoms with Gasteiger partial charge in [-0.25, -0.2) is 0 Å². The Hall–Kier alpha value is -0.530. The minimum atomic E-state index is 0. The summed E-state index contributed by atoms with van der Waals surface area (Å²) in [5, 5.41) is 2.93. The maximum atomic E-state index is 11.6. The van der Waals surface area contributed by atoms with Gasteiger partial charge in [-0.2, -0.15) is 0 Å². The molecule has 118 valence electrons. The van der Waals surface area contributed by atoms with Gasteiger partial charge in [-0.3, -0.25) is 9.79 Å². The van der Waals surface area contributed by atoms with Crippen molar-refractivity contribution in [3.63, 3.8) is 0 Å². The number of amides is 1. The van der Waals surface area contributed by atoms with Crippen molar-refractivity contribution in [2.75, 3.05) is 19.6 Å². The topological polar surface area (TPSA) is 70.7 Å². The van der Waals surface area contributed by atoms with E-state index in [0.29, 0.717) is 24.8 Å². The standard InChI is InChI=1S/C14H28N4O.HI/c1-4-12(3)17-13(19)7-8-16-14(15)18-9-5-6-11(2)10-18;/h11-12H,4-10H2,1-3H3,(H2,15,16)(H,17,19);1H. The average Bonchev–Trinajstić information content (AvgIpc) is 2.38. The lowest BCUT2D eigenvalue weighted by atomic mass is 10.0. The number of carbonyl (C=O) groups excluding carboxylic acids is 1. The fourth-order valence-electron chi connectivity index (χ4n) is 2.22. The zero-order valence-corrected chi connectivity index (χ0v) is 15.2. The third-order valence-electron chi connectivity index (χ3n) is 3.61. The van der Waals surface area contributed by atoms with Crippen molar-refractivity contribution >= 4 is 35.8 Å². The first kappa shape index (κ1) is 19.5. The fourth-order valence-corrected chi connectivity index (χ4v) is 2.22. The van der Waals surface area contributed by atoms with Crippen LogP contribution in [-0.4, -0.2) is 42.4 Å². The van der Waals surface area contributed by atoms with E-state index in [1.54, 1.807) is 0 Å². The third kappa shape index (κ3) is 7.31. The molecule has 2 unspecified atom stereocenters. The van der Waals surface area contributed by atoms with E-state index < -0.39 is 0 Å². The number of halogens is 1. The summed E-state index contributed by atoms with van der Waals surface area (Å²) in [7, 11) is 0. The second-order valence-electron chi connectivity index (χ2n) is 5.56. The number of guanidine groups is 1. The molecule has 6 heteroatoms. The normalized spacial score (nSPS) is 21.1. The number of likely N-dealkylation sites (tertiary alicyclic amines) is 1. The highest BCUT2D eigenvalue weighted by Gasteiger charge is 2.17. The number of nitrogens with two attached hydrogens (primary N) is 1. The van der Waals surface area contributed by atoms with Crippen LogP contribution in [0.4, 0.5) is 0 Å². The van der Waals surface area contributed by atoms with Gasteiger partial charge in [0, 0.05) is 25.6 Å². The van der Waals surface area contributed by atoms with Crippen molar-refractivity contribution in [3.05, 3.63) is 0 Å². The average molecular weight is 396 g/mol. The zero-order valence-electron chi connectivity index (χ0n) is 12.9. The van der Waals surface area contributed by atoms with Crippen molar-refractivity contribution in [2.45, 2.75) is 52.5 Å². The predicted octanol–water partition coefficient (Wildman–Crippen LogP) is 1.96. The molecule has 0 aromatic carbocycles. The molecule has 3 N–H and O–H groups in total. The zero-order chi connectivity index (χ0) is 14.3. The van der Waals surface area contributed by atoms with Crippen LogP contribution in [0.3, 0.4) is 0 Å². The second kappa shape index (κ2) is 10.2. The molecular formula is C14H29IN4O. The number of aliphatic imine (C=N–C) groups is 1. The number of piperidine rings is 1. The molecule has 1 rings (SSSR count). The van der Waals surface area contributed by atoms with Crippen LogP contribution in [0, 0.1) is 5.92 Å². The van der Waals surface area contributed by atoms with Crippen LogP contribution >= 0.6 is 24.0 Å². The lowest BCUT2D eigenvalue weighted by molar-refractivity contribution is -0.121. The summed E-state index contributed by atoms with van der Waals surface area (Å²) in [6, 6.07) is 0.233. The highest BCUT2D eigenvalue weighted by molar-refractivity contribution is 14.0. The van der Waals surface area contributed by atoms with Crippen LogP contribution in [-0.2, 0) is 4.79 Å². The number of hydrogen-bond acceptors (Lipinski definition) is 2. The molecule has 0 bridgehead atoms. The molecule has 0 aliphatic carbocycles. The quantitative estimate of drug-likeness (QED) is 0.424. The Balaban J connectivity index is 0.00000361. The summed E-state index contributed by atoms with van der Waals surface area (Å²) in [5.74, 6) is 1.32. The Kier molecular flexibility index (Phi) is 9.96. The van der Waals surface area contributed by atoms with Crippen LogP contribution in [0.5, 0.6) is 0 Å². The lowest BCUT2D eigenvalue weighted by Crippen LogP contribution is -2.43. The maximum absolute atomic E-state index is 11.6. The number of nitrogens with zero attached hydrogens (tertiary/aromatic N) is 2. The molecular weight excluding hydrogens is 367 g/mol. The van der Waals surface area contributed by atoms with Gasteiger partial charge in [0.25, 0.3) is 0 Å². The van der Waals surface area contributed by atoms with Gasteiger partial charge in [-0.1, -0.05) is 13.8 Å². The van der Waals surface area contributed by atoms with E-state index in [0.717, 1.165) is 19.5 Å². The van der Waals surface area contributed by atoms with E-state index in [-0.39, 0.29) is 35.9 Å². The van der Waals surface area contributed by atoms with E-state index in [9.17, 15) is 4.79 Å². The van der Waals surface area contributed by atoms with Crippen LogP contribution in [0.1, 0.15) is 46.5 Å². The largest absolute Gasteiger partial charge is 0.370 e. The van der Waals surface area contributed by atoms with E-state index in [4.69, 9.17) is 5.73 Å². The van der Waals surface area contributed by atoms with Gasteiger partial charge >= 0.3 is 0 Å². The van der Waals surface area contributed by atoms with Crippen molar-refractivity contribution in [1.29, 1.82) is 0 Å². The van der Waals surface area contributed by atoms with Crippen molar-refractivity contribution in [2.24, 2.45) is 16.6 Å². The molecule has 1 aliphatic heterocycles. The highest BCUT2D eigenvalue weighted by atomic mass is 127. The fraction of sp³-hybridized carbons (Fsp3) is 0.857. The first-order chi connectivity index (χ1) is 9.02. The number of hydrogen-bond donors (Lipinski definition) is 2. The minimum absolute atomic E-state index is 0. The van der Waals surface area contributed by atoms with Gasteiger partial charge in [0.2, 0.25) is 5.91 Å². The molecule has 1 fully saturated rings. The van der Waals surface area contributed by atoms with Crippen LogP contribution in [0.25, 0.3) is 0 Å². The lowest BCUT2D eigenvalue weighted by Gasteiger charge is -2.31. The number of carbonyl (C=O) groups is 1. The number of rotatable bonds is 5.